The Morgan fingerprint density at radius 3 is 2.65 bits per heavy atom. The fraction of sp³-hybridized carbons (Fsp3) is 0.562. The van der Waals surface area contributed by atoms with E-state index in [1.165, 1.54) is 19.3 Å². The van der Waals surface area contributed by atoms with E-state index < -0.39 is 0 Å². The number of hydrogen-bond donors (Lipinski definition) is 2. The molecule has 0 bridgehead atoms. The Morgan fingerprint density at radius 2 is 2.05 bits per heavy atom. The number of hydrazine groups is 1. The zero-order chi connectivity index (χ0) is 14.7. The number of benzene rings is 1. The van der Waals surface area contributed by atoms with Crippen molar-refractivity contribution in [1.29, 1.82) is 0 Å². The highest BCUT2D eigenvalue weighted by atomic mass is 16.2. The number of nitrogens with zero attached hydrogens (tertiary/aromatic N) is 1. The first-order valence-electron chi connectivity index (χ1n) is 7.39. The number of nitrogens with two attached hydrogens (primary N) is 1. The van der Waals surface area contributed by atoms with Gasteiger partial charge in [-0.05, 0) is 49.4 Å². The lowest BCUT2D eigenvalue weighted by molar-refractivity contribution is 0.0628. The van der Waals surface area contributed by atoms with E-state index in [1.807, 2.05) is 37.1 Å². The number of carbonyl (C=O) groups is 1. The van der Waals surface area contributed by atoms with Crippen LogP contribution in [-0.4, -0.2) is 23.9 Å². The predicted octanol–water partition coefficient (Wildman–Crippen LogP) is 2.93. The summed E-state index contributed by atoms with van der Waals surface area (Å²) in [6.07, 6.45) is 4.85. The van der Waals surface area contributed by atoms with Gasteiger partial charge in [-0.1, -0.05) is 19.8 Å². The van der Waals surface area contributed by atoms with Crippen LogP contribution in [0.2, 0.25) is 0 Å². The van der Waals surface area contributed by atoms with Gasteiger partial charge in [0.2, 0.25) is 0 Å². The first-order valence-corrected chi connectivity index (χ1v) is 7.39. The van der Waals surface area contributed by atoms with Crippen molar-refractivity contribution in [2.45, 2.75) is 45.6 Å². The molecule has 4 nitrogen and oxygen atoms in total. The molecule has 20 heavy (non-hydrogen) atoms. The van der Waals surface area contributed by atoms with Crippen LogP contribution >= 0.6 is 0 Å². The molecule has 1 saturated carbocycles. The van der Waals surface area contributed by atoms with Crippen molar-refractivity contribution >= 4 is 11.6 Å². The Kier molecular flexibility index (Phi) is 4.65. The van der Waals surface area contributed by atoms with Crippen LogP contribution in [0.3, 0.4) is 0 Å². The molecule has 1 aliphatic rings. The molecule has 1 aromatic carbocycles. The Morgan fingerprint density at radius 1 is 1.35 bits per heavy atom. The van der Waals surface area contributed by atoms with E-state index in [0.717, 1.165) is 23.2 Å². The third kappa shape index (κ3) is 2.96. The molecule has 0 spiro atoms. The van der Waals surface area contributed by atoms with E-state index in [0.29, 0.717) is 12.0 Å². The van der Waals surface area contributed by atoms with Crippen LogP contribution in [0.5, 0.6) is 0 Å². The van der Waals surface area contributed by atoms with Gasteiger partial charge in [-0.2, -0.15) is 0 Å². The molecule has 1 amide bonds. The summed E-state index contributed by atoms with van der Waals surface area (Å²) in [5.74, 6) is 6.10. The highest BCUT2D eigenvalue weighted by molar-refractivity contribution is 5.96. The SMILES string of the molecule is Cc1cc(NN)ccc1C(=O)N(C)C1CCCCC1C. The van der Waals surface area contributed by atoms with Crippen LogP contribution in [0.15, 0.2) is 18.2 Å². The quantitative estimate of drug-likeness (QED) is 0.658. The third-order valence-corrected chi connectivity index (χ3v) is 4.51. The second kappa shape index (κ2) is 6.27. The second-order valence-corrected chi connectivity index (χ2v) is 5.92. The zero-order valence-corrected chi connectivity index (χ0v) is 12.6. The molecular formula is C16H25N3O. The van der Waals surface area contributed by atoms with Gasteiger partial charge in [0, 0.05) is 24.3 Å². The van der Waals surface area contributed by atoms with E-state index in [1.54, 1.807) is 0 Å². The zero-order valence-electron chi connectivity index (χ0n) is 12.6. The molecule has 0 aromatic heterocycles. The van der Waals surface area contributed by atoms with Gasteiger partial charge < -0.3 is 10.3 Å². The molecular weight excluding hydrogens is 250 g/mol. The molecule has 3 N–H and O–H groups in total. The number of aryl methyl sites for hydroxylation is 1. The van der Waals surface area contributed by atoms with E-state index in [9.17, 15) is 4.79 Å². The van der Waals surface area contributed by atoms with Gasteiger partial charge in [-0.15, -0.1) is 0 Å². The minimum Gasteiger partial charge on any atom is -0.338 e. The molecule has 0 aliphatic heterocycles. The van der Waals surface area contributed by atoms with Crippen molar-refractivity contribution in [3.05, 3.63) is 29.3 Å². The summed E-state index contributed by atoms with van der Waals surface area (Å²) >= 11 is 0. The molecule has 2 rings (SSSR count). The molecule has 0 radical (unpaired) electrons. The maximum absolute atomic E-state index is 12.7. The Balaban J connectivity index is 2.17. The van der Waals surface area contributed by atoms with Crippen LogP contribution in [0, 0.1) is 12.8 Å². The van der Waals surface area contributed by atoms with Crippen LogP contribution in [0.1, 0.15) is 48.5 Å². The summed E-state index contributed by atoms with van der Waals surface area (Å²) in [5, 5.41) is 0. The first kappa shape index (κ1) is 14.9. The van der Waals surface area contributed by atoms with E-state index in [2.05, 4.69) is 12.3 Å². The average Bonchev–Trinajstić information content (AvgIpc) is 2.46. The number of rotatable bonds is 3. The smallest absolute Gasteiger partial charge is 0.254 e. The Labute approximate surface area is 121 Å². The van der Waals surface area contributed by atoms with Gasteiger partial charge in [0.25, 0.3) is 5.91 Å². The topological polar surface area (TPSA) is 58.4 Å². The molecule has 0 saturated heterocycles. The maximum Gasteiger partial charge on any atom is 0.254 e. The summed E-state index contributed by atoms with van der Waals surface area (Å²) in [6.45, 7) is 4.20. The first-order chi connectivity index (χ1) is 9.54. The van der Waals surface area contributed by atoms with Gasteiger partial charge >= 0.3 is 0 Å². The number of anilines is 1. The lowest BCUT2D eigenvalue weighted by atomic mass is 9.85. The highest BCUT2D eigenvalue weighted by Crippen LogP contribution is 2.28. The van der Waals surface area contributed by atoms with E-state index >= 15 is 0 Å². The maximum atomic E-state index is 12.7. The number of nitrogen functional groups attached to an aromatic ring is 1. The van der Waals surface area contributed by atoms with Crippen molar-refractivity contribution in [2.75, 3.05) is 12.5 Å². The summed E-state index contributed by atoms with van der Waals surface area (Å²) in [6, 6.07) is 5.98. The van der Waals surface area contributed by atoms with E-state index in [-0.39, 0.29) is 5.91 Å². The number of carbonyl (C=O) groups excluding carboxylic acids is 1. The number of hydrogen-bond acceptors (Lipinski definition) is 3. The summed E-state index contributed by atoms with van der Waals surface area (Å²) in [4.78, 5) is 14.6. The van der Waals surface area contributed by atoms with E-state index in [4.69, 9.17) is 5.84 Å². The van der Waals surface area contributed by atoms with Crippen molar-refractivity contribution in [2.24, 2.45) is 11.8 Å². The Hall–Kier alpha value is -1.55. The molecule has 4 heteroatoms. The largest absolute Gasteiger partial charge is 0.338 e. The Bertz CT molecular complexity index is 487. The van der Waals surface area contributed by atoms with Crippen molar-refractivity contribution in [3.63, 3.8) is 0 Å². The second-order valence-electron chi connectivity index (χ2n) is 5.92. The minimum absolute atomic E-state index is 0.116. The van der Waals surface area contributed by atoms with Crippen molar-refractivity contribution in [1.82, 2.24) is 4.90 Å². The van der Waals surface area contributed by atoms with Crippen LogP contribution in [0.4, 0.5) is 5.69 Å². The molecule has 110 valence electrons. The molecule has 1 aromatic rings. The molecule has 0 heterocycles. The number of amides is 1. The van der Waals surface area contributed by atoms with Gasteiger partial charge in [0.05, 0.1) is 0 Å². The van der Waals surface area contributed by atoms with Crippen molar-refractivity contribution in [3.8, 4) is 0 Å². The molecule has 2 unspecified atom stereocenters. The lowest BCUT2D eigenvalue weighted by Crippen LogP contribution is -2.42. The molecule has 1 aliphatic carbocycles. The fourth-order valence-corrected chi connectivity index (χ4v) is 3.21. The predicted molar refractivity (Wildman–Crippen MR) is 82.5 cm³/mol. The van der Waals surface area contributed by atoms with Crippen LogP contribution in [0.25, 0.3) is 0 Å². The fourth-order valence-electron chi connectivity index (χ4n) is 3.21. The van der Waals surface area contributed by atoms with Gasteiger partial charge in [0.1, 0.15) is 0 Å². The highest BCUT2D eigenvalue weighted by Gasteiger charge is 2.28. The molecule has 2 atom stereocenters. The van der Waals surface area contributed by atoms with Gasteiger partial charge in [-0.25, -0.2) is 0 Å². The average molecular weight is 275 g/mol. The number of nitrogens with one attached hydrogen (secondary N) is 1. The summed E-state index contributed by atoms with van der Waals surface area (Å²) in [7, 11) is 1.93. The van der Waals surface area contributed by atoms with Crippen molar-refractivity contribution < 1.29 is 4.79 Å². The van der Waals surface area contributed by atoms with Crippen LogP contribution in [-0.2, 0) is 0 Å². The minimum atomic E-state index is 0.116. The normalized spacial score (nSPS) is 22.4. The van der Waals surface area contributed by atoms with Crippen LogP contribution < -0.4 is 11.3 Å². The summed E-state index contributed by atoms with van der Waals surface area (Å²) in [5.41, 5.74) is 5.16. The van der Waals surface area contributed by atoms with Gasteiger partial charge in [0.15, 0.2) is 0 Å². The standard InChI is InChI=1S/C16H25N3O/c1-11-6-4-5-7-15(11)19(3)16(20)14-9-8-13(18-17)10-12(14)2/h8-11,15,18H,4-7,17H2,1-3H3. The third-order valence-electron chi connectivity index (χ3n) is 4.51. The summed E-state index contributed by atoms with van der Waals surface area (Å²) < 4.78 is 0. The monoisotopic (exact) mass is 275 g/mol. The molecule has 1 fully saturated rings. The lowest BCUT2D eigenvalue weighted by Gasteiger charge is -2.36. The van der Waals surface area contributed by atoms with Gasteiger partial charge in [-0.3, -0.25) is 10.6 Å².